The van der Waals surface area contributed by atoms with Gasteiger partial charge in [0, 0.05) is 6.42 Å². The van der Waals surface area contributed by atoms with Gasteiger partial charge in [-0.2, -0.15) is 0 Å². The molecule has 0 aromatic rings. The molecule has 0 bridgehead atoms. The fraction of sp³-hybridized carbons (Fsp3) is 0.700. The minimum absolute atomic E-state index is 0.155. The zero-order valence-electron chi connectivity index (χ0n) is 8.78. The van der Waals surface area contributed by atoms with Crippen LogP contribution in [0.4, 0.5) is 0 Å². The van der Waals surface area contributed by atoms with E-state index in [1.807, 2.05) is 0 Å². The van der Waals surface area contributed by atoms with Gasteiger partial charge in [-0.1, -0.05) is 0 Å². The summed E-state index contributed by atoms with van der Waals surface area (Å²) in [6, 6.07) is -0.565. The topological polar surface area (TPSA) is 95.5 Å². The second-order valence-electron chi connectivity index (χ2n) is 4.39. The van der Waals surface area contributed by atoms with Gasteiger partial charge in [-0.05, 0) is 25.7 Å². The van der Waals surface area contributed by atoms with Crippen molar-refractivity contribution < 1.29 is 19.5 Å². The molecule has 1 aliphatic heterocycles. The molecule has 2 rings (SSSR count). The zero-order valence-corrected chi connectivity index (χ0v) is 8.78. The maximum Gasteiger partial charge on any atom is 0.329 e. The van der Waals surface area contributed by atoms with Gasteiger partial charge in [0.05, 0.1) is 0 Å². The van der Waals surface area contributed by atoms with Gasteiger partial charge in [-0.25, -0.2) is 4.79 Å². The Bertz CT molecular complexity index is 349. The molecule has 1 heterocycles. The lowest BCUT2D eigenvalue weighted by Gasteiger charge is -2.38. The summed E-state index contributed by atoms with van der Waals surface area (Å²) in [7, 11) is 0. The first-order valence-electron chi connectivity index (χ1n) is 5.38. The standard InChI is InChI=1S/C10H14N2O4/c13-7-3-2-6(11-7)8(14)12-10(9(15)16)4-1-5-10/h6H,1-5H2,(H,11,13)(H,12,14)(H,15,16). The molecule has 3 N–H and O–H groups in total. The molecule has 1 saturated heterocycles. The summed E-state index contributed by atoms with van der Waals surface area (Å²) < 4.78 is 0. The minimum Gasteiger partial charge on any atom is -0.480 e. The van der Waals surface area contributed by atoms with Gasteiger partial charge in [-0.3, -0.25) is 9.59 Å². The van der Waals surface area contributed by atoms with Crippen molar-refractivity contribution in [1.82, 2.24) is 10.6 Å². The number of amides is 2. The Hall–Kier alpha value is -1.59. The molecule has 6 nitrogen and oxygen atoms in total. The van der Waals surface area contributed by atoms with E-state index in [0.717, 1.165) is 6.42 Å². The summed E-state index contributed by atoms with van der Waals surface area (Å²) in [6.07, 6.45) is 2.52. The number of hydrogen-bond donors (Lipinski definition) is 3. The second-order valence-corrected chi connectivity index (χ2v) is 4.39. The van der Waals surface area contributed by atoms with Crippen LogP contribution in [0, 0.1) is 0 Å². The van der Waals surface area contributed by atoms with Crippen LogP contribution >= 0.6 is 0 Å². The van der Waals surface area contributed by atoms with E-state index in [4.69, 9.17) is 5.11 Å². The molecule has 1 saturated carbocycles. The number of nitrogens with one attached hydrogen (secondary N) is 2. The van der Waals surface area contributed by atoms with Crippen LogP contribution in [0.3, 0.4) is 0 Å². The summed E-state index contributed by atoms with van der Waals surface area (Å²) in [6.45, 7) is 0. The van der Waals surface area contributed by atoms with Gasteiger partial charge < -0.3 is 15.7 Å². The van der Waals surface area contributed by atoms with Crippen LogP contribution in [0.15, 0.2) is 0 Å². The average Bonchev–Trinajstić information content (AvgIpc) is 2.57. The number of carbonyl (C=O) groups excluding carboxylic acids is 2. The first kappa shape index (κ1) is 10.9. The number of aliphatic carboxylic acids is 1. The highest BCUT2D eigenvalue weighted by Crippen LogP contribution is 2.32. The molecule has 0 spiro atoms. The molecule has 2 fully saturated rings. The van der Waals surface area contributed by atoms with Crippen molar-refractivity contribution in [3.05, 3.63) is 0 Å². The highest BCUT2D eigenvalue weighted by atomic mass is 16.4. The molecule has 16 heavy (non-hydrogen) atoms. The van der Waals surface area contributed by atoms with Crippen molar-refractivity contribution in [2.45, 2.75) is 43.7 Å². The number of rotatable bonds is 3. The van der Waals surface area contributed by atoms with E-state index in [0.29, 0.717) is 25.7 Å². The summed E-state index contributed by atoms with van der Waals surface area (Å²) in [5, 5.41) is 14.1. The zero-order chi connectivity index (χ0) is 11.8. The van der Waals surface area contributed by atoms with Gasteiger partial charge >= 0.3 is 5.97 Å². The van der Waals surface area contributed by atoms with Gasteiger partial charge in [-0.15, -0.1) is 0 Å². The van der Waals surface area contributed by atoms with Gasteiger partial charge in [0.2, 0.25) is 11.8 Å². The maximum absolute atomic E-state index is 11.7. The third-order valence-corrected chi connectivity index (χ3v) is 3.29. The molecule has 0 aromatic heterocycles. The van der Waals surface area contributed by atoms with Crippen LogP contribution in [0.5, 0.6) is 0 Å². The van der Waals surface area contributed by atoms with Crippen molar-refractivity contribution in [3.63, 3.8) is 0 Å². The van der Waals surface area contributed by atoms with Crippen LogP contribution in [0.25, 0.3) is 0 Å². The predicted molar refractivity (Wildman–Crippen MR) is 53.5 cm³/mol. The highest BCUT2D eigenvalue weighted by molar-refractivity contribution is 5.94. The third-order valence-electron chi connectivity index (χ3n) is 3.29. The Morgan fingerprint density at radius 1 is 1.44 bits per heavy atom. The number of hydrogen-bond acceptors (Lipinski definition) is 3. The molecule has 1 atom stereocenters. The molecule has 0 aromatic carbocycles. The normalized spacial score (nSPS) is 26.8. The lowest BCUT2D eigenvalue weighted by atomic mass is 9.76. The molecular weight excluding hydrogens is 212 g/mol. The van der Waals surface area contributed by atoms with Gasteiger partial charge in [0.15, 0.2) is 0 Å². The SMILES string of the molecule is O=C1CCC(C(=O)NC2(C(=O)O)CCC2)N1. The first-order chi connectivity index (χ1) is 7.53. The molecule has 88 valence electrons. The molecule has 1 unspecified atom stereocenters. The average molecular weight is 226 g/mol. The lowest BCUT2D eigenvalue weighted by molar-refractivity contribution is -0.152. The monoisotopic (exact) mass is 226 g/mol. The van der Waals surface area contributed by atoms with Crippen molar-refractivity contribution in [1.29, 1.82) is 0 Å². The van der Waals surface area contributed by atoms with E-state index in [1.165, 1.54) is 0 Å². The molecule has 1 aliphatic carbocycles. The Morgan fingerprint density at radius 2 is 2.12 bits per heavy atom. The van der Waals surface area contributed by atoms with Crippen molar-refractivity contribution in [2.24, 2.45) is 0 Å². The fourth-order valence-electron chi connectivity index (χ4n) is 2.06. The van der Waals surface area contributed by atoms with Crippen molar-refractivity contribution in [3.8, 4) is 0 Å². The van der Waals surface area contributed by atoms with Crippen LogP contribution in [0.1, 0.15) is 32.1 Å². The Kier molecular flexibility index (Phi) is 2.57. The summed E-state index contributed by atoms with van der Waals surface area (Å²) in [5.41, 5.74) is -1.09. The highest BCUT2D eigenvalue weighted by Gasteiger charge is 2.46. The molecule has 6 heteroatoms. The van der Waals surface area contributed by atoms with E-state index in [-0.39, 0.29) is 11.8 Å². The maximum atomic E-state index is 11.7. The van der Waals surface area contributed by atoms with E-state index < -0.39 is 17.6 Å². The number of carboxylic acid groups (broad SMARTS) is 1. The number of carbonyl (C=O) groups is 3. The van der Waals surface area contributed by atoms with Crippen LogP contribution in [-0.4, -0.2) is 34.5 Å². The van der Waals surface area contributed by atoms with Gasteiger partial charge in [0.1, 0.15) is 11.6 Å². The van der Waals surface area contributed by atoms with E-state index in [2.05, 4.69) is 10.6 Å². The largest absolute Gasteiger partial charge is 0.480 e. The second kappa shape index (κ2) is 3.77. The fourth-order valence-corrected chi connectivity index (χ4v) is 2.06. The lowest BCUT2D eigenvalue weighted by Crippen LogP contribution is -2.61. The van der Waals surface area contributed by atoms with Crippen LogP contribution in [0.2, 0.25) is 0 Å². The summed E-state index contributed by atoms with van der Waals surface area (Å²) in [4.78, 5) is 33.7. The Labute approximate surface area is 92.4 Å². The Balaban J connectivity index is 1.96. The van der Waals surface area contributed by atoms with E-state index in [1.54, 1.807) is 0 Å². The van der Waals surface area contributed by atoms with Crippen molar-refractivity contribution >= 4 is 17.8 Å². The van der Waals surface area contributed by atoms with Crippen LogP contribution < -0.4 is 10.6 Å². The predicted octanol–water partition coefficient (Wildman–Crippen LogP) is -0.611. The third kappa shape index (κ3) is 1.75. The van der Waals surface area contributed by atoms with Crippen LogP contribution in [-0.2, 0) is 14.4 Å². The smallest absolute Gasteiger partial charge is 0.329 e. The quantitative estimate of drug-likeness (QED) is 0.598. The Morgan fingerprint density at radius 3 is 2.50 bits per heavy atom. The molecule has 2 aliphatic rings. The van der Waals surface area contributed by atoms with Gasteiger partial charge in [0.25, 0.3) is 0 Å². The molecular formula is C10H14N2O4. The van der Waals surface area contributed by atoms with Crippen molar-refractivity contribution in [2.75, 3.05) is 0 Å². The number of carboxylic acids is 1. The minimum atomic E-state index is -1.09. The summed E-state index contributed by atoms with van der Waals surface area (Å²) >= 11 is 0. The van der Waals surface area contributed by atoms with E-state index >= 15 is 0 Å². The molecule has 2 amide bonds. The summed E-state index contributed by atoms with van der Waals surface area (Å²) in [5.74, 6) is -1.53. The molecule has 0 radical (unpaired) electrons. The first-order valence-corrected chi connectivity index (χ1v) is 5.38. The van der Waals surface area contributed by atoms with E-state index in [9.17, 15) is 14.4 Å².